The molecule has 0 fully saturated rings. The van der Waals surface area contributed by atoms with E-state index in [9.17, 15) is 18.9 Å². The Balaban J connectivity index is 1.54. The van der Waals surface area contributed by atoms with Crippen LogP contribution in [0.1, 0.15) is 49.6 Å². The molecule has 0 saturated carbocycles. The summed E-state index contributed by atoms with van der Waals surface area (Å²) in [6.45, 7) is 6.51. The molecule has 0 saturated heterocycles. The minimum Gasteiger partial charge on any atom is -0.598 e. The zero-order valence-electron chi connectivity index (χ0n) is 28.2. The van der Waals surface area contributed by atoms with Gasteiger partial charge in [-0.05, 0) is 62.1 Å². The lowest BCUT2D eigenvalue weighted by Crippen LogP contribution is -2.49. The van der Waals surface area contributed by atoms with E-state index in [1.807, 2.05) is 85.7 Å². The molecule has 0 amide bonds. The number of ether oxygens (including phenoxy) is 3. The topological polar surface area (TPSA) is 133 Å². The Morgan fingerprint density at radius 3 is 2.60 bits per heavy atom. The summed E-state index contributed by atoms with van der Waals surface area (Å²) < 4.78 is 31.1. The number of hydrogen-bond acceptors (Lipinski definition) is 11. The molecule has 3 heterocycles. The number of fused-ring (bicyclic) bond motifs is 2. The van der Waals surface area contributed by atoms with Gasteiger partial charge < -0.3 is 29.0 Å². The highest BCUT2D eigenvalue weighted by atomic mass is 32.2. The number of benzene rings is 2. The minimum atomic E-state index is -1.92. The Labute approximate surface area is 284 Å². The van der Waals surface area contributed by atoms with Crippen molar-refractivity contribution in [3.8, 4) is 0 Å². The van der Waals surface area contributed by atoms with Crippen LogP contribution in [0.3, 0.4) is 0 Å². The maximum absolute atomic E-state index is 13.5. The van der Waals surface area contributed by atoms with Gasteiger partial charge in [-0.2, -0.15) is 0 Å². The van der Waals surface area contributed by atoms with Crippen molar-refractivity contribution >= 4 is 52.1 Å². The zero-order chi connectivity index (χ0) is 34.6. The van der Waals surface area contributed by atoms with Crippen LogP contribution < -0.4 is 5.32 Å². The van der Waals surface area contributed by atoms with E-state index >= 15 is 0 Å². The van der Waals surface area contributed by atoms with Gasteiger partial charge in [0.15, 0.2) is 0 Å². The number of aldehydes is 1. The molecule has 0 bridgehead atoms. The highest BCUT2D eigenvalue weighted by Crippen LogP contribution is 2.41. The Hall–Kier alpha value is -4.39. The van der Waals surface area contributed by atoms with Gasteiger partial charge >= 0.3 is 12.1 Å². The maximum Gasteiger partial charge on any atom is 0.510 e. The van der Waals surface area contributed by atoms with Gasteiger partial charge in [0.2, 0.25) is 5.60 Å². The van der Waals surface area contributed by atoms with Crippen LogP contribution in [0.25, 0.3) is 16.6 Å². The molecule has 2 aliphatic heterocycles. The Morgan fingerprint density at radius 1 is 1.23 bits per heavy atom. The van der Waals surface area contributed by atoms with Gasteiger partial charge in [-0.15, -0.1) is 4.31 Å². The van der Waals surface area contributed by atoms with E-state index in [0.717, 1.165) is 33.3 Å². The average molecular weight is 675 g/mol. The van der Waals surface area contributed by atoms with Crippen LogP contribution in [0.4, 0.5) is 10.5 Å². The van der Waals surface area contributed by atoms with Crippen molar-refractivity contribution in [1.29, 1.82) is 0 Å². The number of esters is 1. The third-order valence-electron chi connectivity index (χ3n) is 8.90. The largest absolute Gasteiger partial charge is 0.598 e. The predicted octanol–water partition coefficient (Wildman–Crippen LogP) is 5.16. The molecular formula is C36H42N4O7S. The third-order valence-corrected chi connectivity index (χ3v) is 10.2. The van der Waals surface area contributed by atoms with Crippen LogP contribution >= 0.6 is 0 Å². The number of cyclic esters (lactones) is 1. The summed E-state index contributed by atoms with van der Waals surface area (Å²) in [5.41, 5.74) is 4.39. The lowest BCUT2D eigenvalue weighted by molar-refractivity contribution is -0.165. The highest BCUT2D eigenvalue weighted by Gasteiger charge is 2.50. The molecular weight excluding hydrogens is 632 g/mol. The van der Waals surface area contributed by atoms with Gasteiger partial charge in [0.25, 0.3) is 0 Å². The molecule has 1 N–H and O–H groups in total. The summed E-state index contributed by atoms with van der Waals surface area (Å²) in [4.78, 5) is 46.1. The number of anilines is 1. The second kappa shape index (κ2) is 14.8. The van der Waals surface area contributed by atoms with Crippen molar-refractivity contribution in [2.75, 3.05) is 38.8 Å². The summed E-state index contributed by atoms with van der Waals surface area (Å²) in [5.74, 6) is -0.785. The van der Waals surface area contributed by atoms with E-state index in [4.69, 9.17) is 19.2 Å². The fourth-order valence-electron chi connectivity index (χ4n) is 6.31. The average Bonchev–Trinajstić information content (AvgIpc) is 3.39. The van der Waals surface area contributed by atoms with E-state index in [1.54, 1.807) is 19.3 Å². The van der Waals surface area contributed by atoms with Crippen LogP contribution in [0, 0.1) is 0 Å². The Kier molecular flexibility index (Phi) is 10.8. The summed E-state index contributed by atoms with van der Waals surface area (Å²) in [6, 6.07) is 15.3. The predicted molar refractivity (Wildman–Crippen MR) is 185 cm³/mol. The van der Waals surface area contributed by atoms with Crippen molar-refractivity contribution in [2.24, 2.45) is 0 Å². The van der Waals surface area contributed by atoms with Crippen molar-refractivity contribution < 1.29 is 33.1 Å². The quantitative estimate of drug-likeness (QED) is 0.155. The first-order chi connectivity index (χ1) is 23.0. The number of para-hydroxylation sites is 1. The van der Waals surface area contributed by atoms with E-state index in [0.29, 0.717) is 37.2 Å². The Morgan fingerprint density at radius 2 is 1.96 bits per heavy atom. The van der Waals surface area contributed by atoms with Gasteiger partial charge in [0, 0.05) is 72.4 Å². The van der Waals surface area contributed by atoms with Crippen LogP contribution in [0.5, 0.6) is 0 Å². The molecule has 0 radical (unpaired) electrons. The second-order valence-electron chi connectivity index (χ2n) is 12.1. The highest BCUT2D eigenvalue weighted by molar-refractivity contribution is 7.88. The smallest absolute Gasteiger partial charge is 0.510 e. The number of carbonyl (C=O) groups excluding carboxylic acids is 3. The van der Waals surface area contributed by atoms with E-state index < -0.39 is 29.1 Å². The number of nitrogens with zero attached hydrogens (tertiary/aromatic N) is 3. The number of pyridine rings is 1. The maximum atomic E-state index is 13.5. The van der Waals surface area contributed by atoms with E-state index in [1.165, 1.54) is 0 Å². The van der Waals surface area contributed by atoms with Gasteiger partial charge in [-0.1, -0.05) is 37.3 Å². The molecule has 254 valence electrons. The van der Waals surface area contributed by atoms with Crippen LogP contribution in [-0.4, -0.2) is 82.3 Å². The van der Waals surface area contributed by atoms with Gasteiger partial charge in [-0.3, -0.25) is 4.79 Å². The molecule has 2 aliphatic rings. The molecule has 48 heavy (non-hydrogen) atoms. The molecule has 2 aromatic carbocycles. The summed E-state index contributed by atoms with van der Waals surface area (Å²) in [7, 11) is 3.72. The number of hydrogen-bond donors (Lipinski definition) is 1. The van der Waals surface area contributed by atoms with Crippen LogP contribution in [0.2, 0.25) is 0 Å². The monoisotopic (exact) mass is 674 g/mol. The normalized spacial score (nSPS) is 19.1. The molecule has 1 aromatic heterocycles. The second-order valence-corrected chi connectivity index (χ2v) is 13.4. The first-order valence-corrected chi connectivity index (χ1v) is 17.5. The third kappa shape index (κ3) is 6.92. The standard InChI is InChI=1S/C36H42N4O7S/c1-7-36(47-35(43)46-21-24-12-14-26(37-4)15-13-24)30(25(20-41)22-45-34(36)42)18-32-33-29(19-39(32)5)27(16-17-40(23(2)3)48(6)44)28-10-8-9-11-31(28)38-33/h8-15,18,20,23,37H,7,16-17,19,21-22H2,1-6H3/b32-18-/t36-,48?/m0/s1. The fraction of sp³-hybridized carbons (Fsp3) is 0.389. The van der Waals surface area contributed by atoms with Crippen molar-refractivity contribution in [3.63, 3.8) is 0 Å². The molecule has 1 unspecified atom stereocenters. The number of carbonyl (C=O) groups is 3. The molecule has 0 aliphatic carbocycles. The SMILES string of the molecule is CC[C@@]1(OC(=O)OCc2ccc(NC)cc2)C(=O)OCC(C=O)=C1/C=C1/c2nc3ccccc3c(CCN(C(C)C)[S+](C)[O-])c2CN1C. The first-order valence-electron chi connectivity index (χ1n) is 15.9. The lowest BCUT2D eigenvalue weighted by atomic mass is 9.84. The number of nitrogens with one attached hydrogen (secondary N) is 1. The zero-order valence-corrected chi connectivity index (χ0v) is 29.0. The molecule has 3 aromatic rings. The van der Waals surface area contributed by atoms with Gasteiger partial charge in [0.1, 0.15) is 25.8 Å². The van der Waals surface area contributed by atoms with Crippen molar-refractivity contribution in [2.45, 2.75) is 58.4 Å². The van der Waals surface area contributed by atoms with Gasteiger partial charge in [0.05, 0.1) is 16.9 Å². The number of aromatic nitrogens is 1. The molecule has 0 spiro atoms. The lowest BCUT2D eigenvalue weighted by Gasteiger charge is -2.35. The van der Waals surface area contributed by atoms with Gasteiger partial charge in [-0.25, -0.2) is 14.6 Å². The Bertz CT molecular complexity index is 1750. The summed E-state index contributed by atoms with van der Waals surface area (Å²) >= 11 is -1.14. The number of rotatable bonds is 12. The molecule has 2 atom stereocenters. The molecule has 11 nitrogen and oxygen atoms in total. The first kappa shape index (κ1) is 34.9. The van der Waals surface area contributed by atoms with Crippen LogP contribution in [-0.2, 0) is 54.7 Å². The van der Waals surface area contributed by atoms with E-state index in [-0.39, 0.29) is 36.8 Å². The summed E-state index contributed by atoms with van der Waals surface area (Å²) in [6.07, 6.45) is 3.61. The molecule has 12 heteroatoms. The minimum absolute atomic E-state index is 0.000414. The summed E-state index contributed by atoms with van der Waals surface area (Å²) in [5, 5.41) is 4.04. The fourth-order valence-corrected chi connectivity index (χ4v) is 7.25. The van der Waals surface area contributed by atoms with E-state index in [2.05, 4.69) is 5.32 Å². The molecule has 5 rings (SSSR count). The van der Waals surface area contributed by atoms with Crippen molar-refractivity contribution in [1.82, 2.24) is 14.2 Å². The van der Waals surface area contributed by atoms with Crippen molar-refractivity contribution in [3.05, 3.63) is 88.1 Å². The van der Waals surface area contributed by atoms with Crippen LogP contribution in [0.15, 0.2) is 65.8 Å².